The molecule has 0 spiro atoms. The van der Waals surface area contributed by atoms with Crippen LogP contribution in [0.15, 0.2) is 12.2 Å². The number of carbonyl (C=O) groups is 11. The van der Waals surface area contributed by atoms with E-state index in [1.54, 1.807) is 54.5 Å². The number of rotatable bonds is 23. The Labute approximate surface area is 602 Å². The summed E-state index contributed by atoms with van der Waals surface area (Å²) < 4.78 is 20.6. The van der Waals surface area contributed by atoms with Crippen molar-refractivity contribution in [1.82, 2.24) is 55.6 Å². The lowest BCUT2D eigenvalue weighted by atomic mass is 9.91. The van der Waals surface area contributed by atoms with Crippen molar-refractivity contribution in [3.63, 3.8) is 0 Å². The lowest BCUT2D eigenvalue weighted by Gasteiger charge is -2.41. The summed E-state index contributed by atoms with van der Waals surface area (Å²) in [4.78, 5) is 180. The summed E-state index contributed by atoms with van der Waals surface area (Å²) >= 11 is 0. The van der Waals surface area contributed by atoms with Crippen LogP contribution >= 0.6 is 7.82 Å². The Kier molecular flexibility index (Phi) is 41.2. The van der Waals surface area contributed by atoms with Gasteiger partial charge in [0.1, 0.15) is 79.7 Å². The van der Waals surface area contributed by atoms with Gasteiger partial charge in [-0.1, -0.05) is 109 Å². The minimum Gasteiger partial charge on any atom is -0.756 e. The van der Waals surface area contributed by atoms with E-state index in [0.29, 0.717) is 17.4 Å². The summed E-state index contributed by atoms with van der Waals surface area (Å²) in [5.74, 6) is -9.71. The molecule has 0 aromatic carbocycles. The number of carbonyl (C=O) groups excluding carboxylic acids is 11. The van der Waals surface area contributed by atoms with Crippen LogP contribution in [0, 0.1) is 41.4 Å². The van der Waals surface area contributed by atoms with Crippen molar-refractivity contribution in [1.29, 1.82) is 0 Å². The zero-order chi connectivity index (χ0) is 78.8. The Morgan fingerprint density at radius 2 is 0.980 bits per heavy atom. The minimum atomic E-state index is -4.38. The molecular formula is C70H131N12O18P. The highest BCUT2D eigenvalue weighted by molar-refractivity contribution is 7.45. The van der Waals surface area contributed by atoms with Crippen molar-refractivity contribution in [3.8, 4) is 0 Å². The first-order valence-electron chi connectivity index (χ1n) is 35.4. The molecule has 1 rings (SSSR count). The van der Waals surface area contributed by atoms with Crippen LogP contribution in [-0.2, 0) is 66.4 Å². The molecule has 101 heavy (non-hydrogen) atoms. The molecule has 7 N–H and O–H groups in total. The molecule has 0 aliphatic carbocycles. The molecule has 1 heterocycles. The number of allylic oxidation sites excluding steroid dienone is 2. The molecule has 31 heteroatoms. The van der Waals surface area contributed by atoms with Crippen LogP contribution < -0.4 is 26.2 Å². The van der Waals surface area contributed by atoms with Crippen molar-refractivity contribution in [3.05, 3.63) is 12.2 Å². The second-order valence-electron chi connectivity index (χ2n) is 30.5. The van der Waals surface area contributed by atoms with E-state index in [1.165, 1.54) is 87.7 Å². The van der Waals surface area contributed by atoms with Gasteiger partial charge in [0.25, 0.3) is 7.82 Å². The molecular weight excluding hydrogens is 1330 g/mol. The van der Waals surface area contributed by atoms with Gasteiger partial charge in [-0.05, 0) is 101 Å². The van der Waals surface area contributed by atoms with Crippen molar-refractivity contribution in [2.45, 2.75) is 229 Å². The summed E-state index contributed by atoms with van der Waals surface area (Å²) in [5, 5.41) is 40.4. The summed E-state index contributed by atoms with van der Waals surface area (Å²) in [6.45, 7) is 28.8. The van der Waals surface area contributed by atoms with E-state index in [9.17, 15) is 57.7 Å². The molecule has 30 nitrogen and oxygen atoms in total. The maximum absolute atomic E-state index is 15.1. The number of likely N-dealkylation sites (N-methyl/N-ethyl adjacent to an activating group) is 8. The van der Waals surface area contributed by atoms with Gasteiger partial charge in [-0.25, -0.2) is 0 Å². The van der Waals surface area contributed by atoms with E-state index in [-0.39, 0.29) is 62.4 Å². The van der Waals surface area contributed by atoms with Crippen molar-refractivity contribution < 1.29 is 91.0 Å². The van der Waals surface area contributed by atoms with Crippen molar-refractivity contribution in [2.75, 3.05) is 103 Å². The normalized spacial score (nSPS) is 25.5. The fourth-order valence-electron chi connectivity index (χ4n) is 11.4. The molecule has 14 atom stereocenters. The topological polar surface area (TPSA) is 378 Å². The number of nitrogens with one attached hydrogen (secondary N) is 4. The summed E-state index contributed by atoms with van der Waals surface area (Å²) in [5.41, 5.74) is 0. The van der Waals surface area contributed by atoms with E-state index < -0.39 is 183 Å². The first kappa shape index (κ1) is 94.9. The highest BCUT2D eigenvalue weighted by Gasteiger charge is 2.46. The summed E-state index contributed by atoms with van der Waals surface area (Å²) in [6, 6.07) is -12.3. The monoisotopic (exact) mass is 1460 g/mol. The van der Waals surface area contributed by atoms with Gasteiger partial charge < -0.3 is 89.3 Å². The zero-order valence-corrected chi connectivity index (χ0v) is 66.8. The molecule has 0 radical (unpaired) electrons. The third kappa shape index (κ3) is 31.0. The quantitative estimate of drug-likeness (QED) is 0.0436. The second-order valence-corrected chi connectivity index (χ2v) is 31.9. The van der Waals surface area contributed by atoms with Gasteiger partial charge in [0.05, 0.1) is 47.0 Å². The van der Waals surface area contributed by atoms with E-state index in [0.717, 1.165) is 9.80 Å². The van der Waals surface area contributed by atoms with E-state index in [1.807, 2.05) is 82.6 Å². The molecule has 0 aromatic rings. The fraction of sp³-hybridized carbons (Fsp3) is 0.814. The Morgan fingerprint density at radius 3 is 1.43 bits per heavy atom. The first-order chi connectivity index (χ1) is 46.4. The van der Waals surface area contributed by atoms with Gasteiger partial charge in [0.2, 0.25) is 65.0 Å². The molecule has 1 aliphatic rings. The fourth-order valence-corrected chi connectivity index (χ4v) is 12.1. The SMILES string of the molecule is C/C=C/C[C@@H](C)[C@@H](O)[C@H]1C(=O)N[C@@H](CC)C(=O)N(C)CC(=O)N(C)[C@@H](CC(C)C)C(=O)N[C@@H](C(C)C)C(=O)N(C)[C@@H](CC(C)C)C(=O)N[C@@H](C)C(=O)N[C@H](C)C(=O)N(C)[C@@H](CC(C)C)C(=O)N(C)[C@@H](CC(C)C)C(=O)N(C)[C@@H](C(C)C)C(=O)N1C.C[N+](C)(C)CCOP(=O)([O-])OCC(O)CO. The van der Waals surface area contributed by atoms with Crippen LogP contribution in [0.2, 0.25) is 0 Å². The maximum Gasteiger partial charge on any atom is 0.268 e. The number of phosphoric ester groups is 1. The summed E-state index contributed by atoms with van der Waals surface area (Å²) in [7, 11) is 11.2. The minimum absolute atomic E-state index is 0.0134. The first-order valence-corrected chi connectivity index (χ1v) is 36.9. The van der Waals surface area contributed by atoms with Crippen LogP contribution in [0.25, 0.3) is 0 Å². The van der Waals surface area contributed by atoms with Gasteiger partial charge in [-0.15, -0.1) is 0 Å². The van der Waals surface area contributed by atoms with Gasteiger partial charge in [0.15, 0.2) is 0 Å². The number of amides is 11. The van der Waals surface area contributed by atoms with Crippen LogP contribution in [0.3, 0.4) is 0 Å². The molecule has 0 aromatic heterocycles. The Bertz CT molecular complexity index is 2780. The second kappa shape index (κ2) is 43.8. The van der Waals surface area contributed by atoms with E-state index in [2.05, 4.69) is 30.3 Å². The van der Waals surface area contributed by atoms with Gasteiger partial charge in [-0.3, -0.25) is 57.3 Å². The number of phosphoric acid groups is 1. The van der Waals surface area contributed by atoms with Crippen LogP contribution in [-0.4, -0.2) is 295 Å². The predicted molar refractivity (Wildman–Crippen MR) is 384 cm³/mol. The average Bonchev–Trinajstić information content (AvgIpc) is 0.805. The Hall–Kier alpha value is -6.14. The molecule has 0 saturated carbocycles. The van der Waals surface area contributed by atoms with Crippen LogP contribution in [0.4, 0.5) is 0 Å². The predicted octanol–water partition coefficient (Wildman–Crippen LogP) is 1.82. The van der Waals surface area contributed by atoms with Crippen molar-refractivity contribution in [2.24, 2.45) is 41.4 Å². The standard InChI is InChI=1S/C62H111N11O12.C8H20NO6P/c1-25-27-28-40(15)52(75)51-56(79)65-43(26-2)58(81)67(18)33-48(74)68(19)44(29-34(3)4)55(78)66-49(38(11)12)61(84)69(20)45(30-35(5)6)54(77)63-41(16)53(76)64-42(17)57(80)70(21)46(31-36(7)8)59(82)71(22)47(32-37(9)10)60(83)72(23)50(39(13)14)62(85)73(51)24;1-9(2,3)4-5-14-16(12,13)15-7-8(11)6-10/h25,27,34-47,49-52,75H,26,28-33H2,1-24H3,(H,63,77)(H,64,76)(H,65,79)(H,66,78);8,10-11H,4-7H2,1-3H3/b27-25+;/t40-,41+,42-,43+,44+,45+,46+,47+,49+,50+,51+,52-;/m1./s1. The molecule has 1 fully saturated rings. The number of hydrogen-bond acceptors (Lipinski definition) is 18. The lowest BCUT2D eigenvalue weighted by molar-refractivity contribution is -0.870. The number of aliphatic hydroxyl groups is 3. The smallest absolute Gasteiger partial charge is 0.268 e. The third-order valence-electron chi connectivity index (χ3n) is 17.7. The Balaban J connectivity index is 0.00000549. The number of aliphatic hydroxyl groups excluding tert-OH is 3. The number of quaternary nitrogens is 1. The van der Waals surface area contributed by atoms with E-state index in [4.69, 9.17) is 10.2 Å². The maximum atomic E-state index is 15.1. The lowest BCUT2D eigenvalue weighted by Crippen LogP contribution is -2.63. The molecule has 11 amide bonds. The highest BCUT2D eigenvalue weighted by Crippen LogP contribution is 2.38. The van der Waals surface area contributed by atoms with Gasteiger partial charge in [-0.2, -0.15) is 0 Å². The average molecular weight is 1460 g/mol. The van der Waals surface area contributed by atoms with Crippen molar-refractivity contribution >= 4 is 72.8 Å². The van der Waals surface area contributed by atoms with E-state index >= 15 is 9.59 Å². The molecule has 0 bridgehead atoms. The molecule has 1 saturated heterocycles. The largest absolute Gasteiger partial charge is 0.756 e. The summed E-state index contributed by atoms with van der Waals surface area (Å²) in [6.07, 6.45) is 1.82. The van der Waals surface area contributed by atoms with Crippen LogP contribution in [0.1, 0.15) is 156 Å². The van der Waals surface area contributed by atoms with Gasteiger partial charge in [0, 0.05) is 49.3 Å². The Morgan fingerprint density at radius 1 is 0.545 bits per heavy atom. The number of nitrogens with zero attached hydrogens (tertiary/aromatic N) is 8. The number of hydrogen-bond donors (Lipinski definition) is 7. The van der Waals surface area contributed by atoms with Crippen LogP contribution in [0.5, 0.6) is 0 Å². The molecule has 1 aliphatic heterocycles. The zero-order valence-electron chi connectivity index (χ0n) is 65.9. The molecule has 2 unspecified atom stereocenters. The third-order valence-corrected chi connectivity index (χ3v) is 18.7. The van der Waals surface area contributed by atoms with Gasteiger partial charge >= 0.3 is 0 Å². The highest BCUT2D eigenvalue weighted by atomic mass is 31.2. The molecule has 584 valence electrons.